The van der Waals surface area contributed by atoms with Crippen LogP contribution in [0.4, 0.5) is 5.82 Å². The van der Waals surface area contributed by atoms with Crippen molar-refractivity contribution < 1.29 is 17.9 Å². The highest BCUT2D eigenvalue weighted by Crippen LogP contribution is 2.19. The molecule has 1 aromatic heterocycles. The second-order valence-electron chi connectivity index (χ2n) is 4.43. The summed E-state index contributed by atoms with van der Waals surface area (Å²) < 4.78 is 36.9. The van der Waals surface area contributed by atoms with Crippen LogP contribution in [-0.4, -0.2) is 57.7 Å². The lowest BCUT2D eigenvalue weighted by molar-refractivity contribution is 0.119. The number of nitrogens with two attached hydrogens (primary N) is 1. The number of hydrazine groups is 1. The van der Waals surface area contributed by atoms with Crippen molar-refractivity contribution in [3.8, 4) is 0 Å². The minimum Gasteiger partial charge on any atom is -0.383 e. The third kappa shape index (κ3) is 4.61. The Morgan fingerprint density at radius 3 is 2.71 bits per heavy atom. The van der Waals surface area contributed by atoms with E-state index < -0.39 is 10.0 Å². The first-order valence-electron chi connectivity index (χ1n) is 6.39. The smallest absolute Gasteiger partial charge is 0.243 e. The van der Waals surface area contributed by atoms with Crippen LogP contribution < -0.4 is 11.3 Å². The normalized spacial score (nSPS) is 13.4. The zero-order valence-corrected chi connectivity index (χ0v) is 13.3. The molecule has 0 aliphatic rings. The number of aromatic nitrogens is 1. The van der Waals surface area contributed by atoms with Gasteiger partial charge in [0, 0.05) is 39.1 Å². The van der Waals surface area contributed by atoms with Crippen LogP contribution in [0.1, 0.15) is 6.92 Å². The highest BCUT2D eigenvalue weighted by Gasteiger charge is 2.29. The fourth-order valence-electron chi connectivity index (χ4n) is 1.87. The van der Waals surface area contributed by atoms with E-state index in [0.29, 0.717) is 6.61 Å². The molecule has 1 unspecified atom stereocenters. The van der Waals surface area contributed by atoms with Crippen molar-refractivity contribution in [2.75, 3.05) is 39.4 Å². The molecule has 0 aliphatic heterocycles. The van der Waals surface area contributed by atoms with Gasteiger partial charge in [-0.05, 0) is 13.0 Å². The van der Waals surface area contributed by atoms with Gasteiger partial charge in [-0.1, -0.05) is 0 Å². The summed E-state index contributed by atoms with van der Waals surface area (Å²) in [6.45, 7) is 2.59. The number of anilines is 1. The van der Waals surface area contributed by atoms with Gasteiger partial charge < -0.3 is 14.9 Å². The number of rotatable bonds is 9. The van der Waals surface area contributed by atoms with Gasteiger partial charge in [0.15, 0.2) is 0 Å². The van der Waals surface area contributed by atoms with Crippen LogP contribution in [0.5, 0.6) is 0 Å². The minimum atomic E-state index is -3.69. The van der Waals surface area contributed by atoms with E-state index >= 15 is 0 Å². The summed E-state index contributed by atoms with van der Waals surface area (Å²) in [5.74, 6) is 5.54. The molecule has 0 fully saturated rings. The summed E-state index contributed by atoms with van der Waals surface area (Å²) >= 11 is 0. The number of pyridine rings is 1. The molecule has 0 aromatic carbocycles. The molecule has 1 aromatic rings. The second kappa shape index (κ2) is 8.25. The van der Waals surface area contributed by atoms with Gasteiger partial charge in [-0.3, -0.25) is 0 Å². The first-order valence-corrected chi connectivity index (χ1v) is 7.83. The maximum Gasteiger partial charge on any atom is 0.243 e. The zero-order valence-electron chi connectivity index (χ0n) is 12.4. The molecule has 0 saturated carbocycles. The molecule has 120 valence electrons. The maximum absolute atomic E-state index is 12.7. The lowest BCUT2D eigenvalue weighted by Crippen LogP contribution is -2.42. The molecule has 8 nitrogen and oxygen atoms in total. The SMILES string of the molecule is COCCN(C(C)COC)S(=O)(=O)c1ccnc(NN)c1. The topological polar surface area (TPSA) is 107 Å². The maximum atomic E-state index is 12.7. The Balaban J connectivity index is 3.12. The van der Waals surface area contributed by atoms with Crippen molar-refractivity contribution >= 4 is 15.8 Å². The van der Waals surface area contributed by atoms with Gasteiger partial charge in [-0.2, -0.15) is 4.31 Å². The fourth-order valence-corrected chi connectivity index (χ4v) is 3.48. The minimum absolute atomic E-state index is 0.115. The number of nitrogens with one attached hydrogen (secondary N) is 1. The predicted octanol–water partition coefficient (Wildman–Crippen LogP) is 0.0392. The standard InChI is InChI=1S/C12H22N4O4S/c1-10(9-20-3)16(6-7-19-2)21(17,18)11-4-5-14-12(8-11)15-13/h4-5,8,10H,6-7,9,13H2,1-3H3,(H,14,15). The van der Waals surface area contributed by atoms with Crippen molar-refractivity contribution in [3.63, 3.8) is 0 Å². The Labute approximate surface area is 125 Å². The van der Waals surface area contributed by atoms with E-state index in [2.05, 4.69) is 10.4 Å². The molecule has 1 atom stereocenters. The van der Waals surface area contributed by atoms with Crippen LogP contribution >= 0.6 is 0 Å². The number of hydrogen-bond acceptors (Lipinski definition) is 7. The molecule has 0 bridgehead atoms. The van der Waals surface area contributed by atoms with Crippen LogP contribution in [0.3, 0.4) is 0 Å². The summed E-state index contributed by atoms with van der Waals surface area (Å²) in [4.78, 5) is 4.02. The lowest BCUT2D eigenvalue weighted by atomic mass is 10.3. The quantitative estimate of drug-likeness (QED) is 0.489. The van der Waals surface area contributed by atoms with Crippen LogP contribution in [0.15, 0.2) is 23.2 Å². The highest BCUT2D eigenvalue weighted by molar-refractivity contribution is 7.89. The summed E-state index contributed by atoms with van der Waals surface area (Å²) in [6.07, 6.45) is 1.39. The van der Waals surface area contributed by atoms with Crippen molar-refractivity contribution in [1.29, 1.82) is 0 Å². The van der Waals surface area contributed by atoms with Crippen LogP contribution in [-0.2, 0) is 19.5 Å². The van der Waals surface area contributed by atoms with E-state index in [1.54, 1.807) is 6.92 Å². The van der Waals surface area contributed by atoms with Crippen molar-refractivity contribution in [2.24, 2.45) is 5.84 Å². The molecule has 0 aliphatic carbocycles. The molecule has 0 amide bonds. The molecule has 0 spiro atoms. The second-order valence-corrected chi connectivity index (χ2v) is 6.32. The average molecular weight is 318 g/mol. The first-order chi connectivity index (χ1) is 9.97. The average Bonchev–Trinajstić information content (AvgIpc) is 2.47. The predicted molar refractivity (Wildman–Crippen MR) is 79.2 cm³/mol. The van der Waals surface area contributed by atoms with Crippen molar-refractivity contribution in [3.05, 3.63) is 18.3 Å². The van der Waals surface area contributed by atoms with Gasteiger partial charge >= 0.3 is 0 Å². The molecule has 1 rings (SSSR count). The molecule has 1 heterocycles. The molecule has 0 radical (unpaired) electrons. The highest BCUT2D eigenvalue weighted by atomic mass is 32.2. The van der Waals surface area contributed by atoms with Gasteiger partial charge in [-0.15, -0.1) is 0 Å². The summed E-state index contributed by atoms with van der Waals surface area (Å²) in [6, 6.07) is 2.49. The Bertz CT molecular complexity index is 538. The zero-order chi connectivity index (χ0) is 15.9. The van der Waals surface area contributed by atoms with Gasteiger partial charge in [0.25, 0.3) is 0 Å². The monoisotopic (exact) mass is 318 g/mol. The van der Waals surface area contributed by atoms with Gasteiger partial charge in [0.1, 0.15) is 5.82 Å². The number of nitrogens with zero attached hydrogens (tertiary/aromatic N) is 2. The number of methoxy groups -OCH3 is 2. The third-order valence-electron chi connectivity index (χ3n) is 2.90. The van der Waals surface area contributed by atoms with E-state index in [9.17, 15) is 8.42 Å². The Morgan fingerprint density at radius 2 is 2.14 bits per heavy atom. The molecule has 3 N–H and O–H groups in total. The Kier molecular flexibility index (Phi) is 6.99. The van der Waals surface area contributed by atoms with Crippen LogP contribution in [0.2, 0.25) is 0 Å². The van der Waals surface area contributed by atoms with E-state index in [1.807, 2.05) is 0 Å². The van der Waals surface area contributed by atoms with Crippen molar-refractivity contribution in [1.82, 2.24) is 9.29 Å². The summed E-state index contributed by atoms with van der Waals surface area (Å²) in [5.41, 5.74) is 2.33. The molecule has 21 heavy (non-hydrogen) atoms. The van der Waals surface area contributed by atoms with Gasteiger partial charge in [0.2, 0.25) is 10.0 Å². The summed E-state index contributed by atoms with van der Waals surface area (Å²) in [7, 11) is -0.639. The van der Waals surface area contributed by atoms with E-state index in [1.165, 1.54) is 36.9 Å². The van der Waals surface area contributed by atoms with Crippen LogP contribution in [0.25, 0.3) is 0 Å². The fraction of sp³-hybridized carbons (Fsp3) is 0.583. The Hall–Kier alpha value is -1.26. The van der Waals surface area contributed by atoms with Gasteiger partial charge in [0.05, 0.1) is 18.1 Å². The molecule has 9 heteroatoms. The number of ether oxygens (including phenoxy) is 2. The third-order valence-corrected chi connectivity index (χ3v) is 4.91. The largest absolute Gasteiger partial charge is 0.383 e. The molecular formula is C12H22N4O4S. The first kappa shape index (κ1) is 17.8. The number of nitrogen functional groups attached to an aromatic ring is 1. The summed E-state index contributed by atoms with van der Waals surface area (Å²) in [5, 5.41) is 0. The van der Waals surface area contributed by atoms with Crippen molar-refractivity contribution in [2.45, 2.75) is 17.9 Å². The van der Waals surface area contributed by atoms with E-state index in [0.717, 1.165) is 0 Å². The molecular weight excluding hydrogens is 296 g/mol. The van der Waals surface area contributed by atoms with E-state index in [4.69, 9.17) is 15.3 Å². The Morgan fingerprint density at radius 1 is 1.43 bits per heavy atom. The lowest BCUT2D eigenvalue weighted by Gasteiger charge is -2.27. The number of hydrogen-bond donors (Lipinski definition) is 2. The van der Waals surface area contributed by atoms with Gasteiger partial charge in [-0.25, -0.2) is 19.2 Å². The number of sulfonamides is 1. The van der Waals surface area contributed by atoms with Crippen LogP contribution in [0, 0.1) is 0 Å². The van der Waals surface area contributed by atoms with E-state index in [-0.39, 0.29) is 29.9 Å². The molecule has 0 saturated heterocycles.